The van der Waals surface area contributed by atoms with Gasteiger partial charge in [-0.1, -0.05) is 6.92 Å². The van der Waals surface area contributed by atoms with Crippen LogP contribution in [0.4, 0.5) is 50.0 Å². The van der Waals surface area contributed by atoms with Crippen molar-refractivity contribution < 1.29 is 53.8 Å². The second-order valence-electron chi connectivity index (χ2n) is 10.5. The minimum absolute atomic E-state index is 0.0310. The summed E-state index contributed by atoms with van der Waals surface area (Å²) in [4.78, 5) is 28.2. The summed E-state index contributed by atoms with van der Waals surface area (Å²) < 4.78 is 127. The lowest BCUT2D eigenvalue weighted by Crippen LogP contribution is -2.49. The zero-order valence-corrected chi connectivity index (χ0v) is 22.5. The molecule has 2 amide bonds. The smallest absolute Gasteiger partial charge is 0.416 e. The topological polar surface area (TPSA) is 49.9 Å². The van der Waals surface area contributed by atoms with Crippen molar-refractivity contribution in [2.75, 3.05) is 11.5 Å². The highest BCUT2D eigenvalue weighted by Gasteiger charge is 2.47. The van der Waals surface area contributed by atoms with Crippen molar-refractivity contribution in [2.45, 2.75) is 76.7 Å². The number of nitrogens with zero attached hydrogens (tertiary/aromatic N) is 2. The van der Waals surface area contributed by atoms with E-state index in [1.165, 1.54) is 4.90 Å². The van der Waals surface area contributed by atoms with Gasteiger partial charge in [-0.3, -0.25) is 9.69 Å². The van der Waals surface area contributed by atoms with Gasteiger partial charge in [0.25, 0.3) is 0 Å². The first-order valence-electron chi connectivity index (χ1n) is 13.1. The molecule has 2 atom stereocenters. The molecule has 42 heavy (non-hydrogen) atoms. The predicted octanol–water partition coefficient (Wildman–Crippen LogP) is 8.37. The Bertz CT molecular complexity index is 1300. The average molecular weight is 611 g/mol. The summed E-state index contributed by atoms with van der Waals surface area (Å²) in [7, 11) is 0. The molecular weight excluding hydrogens is 583 g/mol. The third-order valence-corrected chi connectivity index (χ3v) is 7.34. The molecule has 230 valence electrons. The van der Waals surface area contributed by atoms with E-state index in [0.29, 0.717) is 31.4 Å². The molecule has 1 aliphatic carbocycles. The van der Waals surface area contributed by atoms with Gasteiger partial charge >= 0.3 is 24.6 Å². The fraction of sp³-hybridized carbons (Fsp3) is 0.500. The lowest BCUT2D eigenvalue weighted by atomic mass is 9.86. The normalized spacial score (nSPS) is 19.4. The summed E-state index contributed by atoms with van der Waals surface area (Å²) in [6.07, 6.45) is -14.1. The van der Waals surface area contributed by atoms with Crippen molar-refractivity contribution in [3.05, 3.63) is 64.2 Å². The zero-order chi connectivity index (χ0) is 31.2. The molecule has 2 aromatic carbocycles. The molecule has 0 aromatic heterocycles. The highest BCUT2D eigenvalue weighted by Crippen LogP contribution is 2.50. The number of carbonyl (C=O) groups is 2. The van der Waals surface area contributed by atoms with Crippen LogP contribution in [0.25, 0.3) is 0 Å². The summed E-state index contributed by atoms with van der Waals surface area (Å²) in [5, 5.41) is 0. The van der Waals surface area contributed by atoms with E-state index < -0.39 is 71.4 Å². The Morgan fingerprint density at radius 2 is 1.45 bits per heavy atom. The molecule has 1 heterocycles. The van der Waals surface area contributed by atoms with Gasteiger partial charge in [0, 0.05) is 19.5 Å². The zero-order valence-electron chi connectivity index (χ0n) is 22.5. The highest BCUT2D eigenvalue weighted by atomic mass is 19.4. The van der Waals surface area contributed by atoms with E-state index in [0.717, 1.165) is 30.0 Å². The van der Waals surface area contributed by atoms with Crippen LogP contribution < -0.4 is 4.90 Å². The summed E-state index contributed by atoms with van der Waals surface area (Å²) in [5.41, 5.74) is -4.86. The molecule has 0 bridgehead atoms. The van der Waals surface area contributed by atoms with Gasteiger partial charge in [0.2, 0.25) is 5.91 Å². The van der Waals surface area contributed by atoms with Crippen LogP contribution in [0, 0.1) is 5.92 Å². The fourth-order valence-corrected chi connectivity index (χ4v) is 5.28. The molecule has 2 aromatic rings. The first-order chi connectivity index (χ1) is 19.4. The third-order valence-electron chi connectivity index (χ3n) is 7.34. The largest absolute Gasteiger partial charge is 0.449 e. The van der Waals surface area contributed by atoms with Crippen molar-refractivity contribution in [3.63, 3.8) is 0 Å². The second-order valence-corrected chi connectivity index (χ2v) is 10.5. The highest BCUT2D eigenvalue weighted by molar-refractivity contribution is 5.91. The Hall–Kier alpha value is -3.45. The molecule has 0 spiro atoms. The standard InChI is InChI=1S/C28H27F9N2O3/c1-3-8-42-25(41)39-22-7-6-18(26(29,30)31)12-21(22)24(13-23(39)17-4-5-17)38(15(2)40)14-16-9-19(27(32,33)34)11-20(10-16)28(35,36)37/h6-7,9-12,17,23-24H,3-5,8,13-14H2,1-2H3/t23-,24+/m1/s1. The molecule has 5 nitrogen and oxygen atoms in total. The molecule has 0 radical (unpaired) electrons. The Morgan fingerprint density at radius 1 is 0.881 bits per heavy atom. The minimum atomic E-state index is -5.13. The Labute approximate surface area is 235 Å². The average Bonchev–Trinajstić information content (AvgIpc) is 3.73. The van der Waals surface area contributed by atoms with Crippen LogP contribution in [0.3, 0.4) is 0 Å². The van der Waals surface area contributed by atoms with Gasteiger partial charge in [-0.25, -0.2) is 4.79 Å². The number of rotatable bonds is 6. The Morgan fingerprint density at radius 3 is 1.93 bits per heavy atom. The molecule has 14 heteroatoms. The summed E-state index contributed by atoms with van der Waals surface area (Å²) >= 11 is 0. The number of benzene rings is 2. The van der Waals surface area contributed by atoms with E-state index in [-0.39, 0.29) is 36.3 Å². The Kier molecular flexibility index (Phi) is 8.49. The maximum atomic E-state index is 13.7. The van der Waals surface area contributed by atoms with Crippen LogP contribution in [0.5, 0.6) is 0 Å². The lowest BCUT2D eigenvalue weighted by Gasteiger charge is -2.44. The molecule has 1 fully saturated rings. The molecule has 0 saturated heterocycles. The van der Waals surface area contributed by atoms with Crippen molar-refractivity contribution >= 4 is 17.7 Å². The molecule has 2 aliphatic rings. The first kappa shape index (κ1) is 31.5. The van der Waals surface area contributed by atoms with E-state index in [1.54, 1.807) is 6.92 Å². The molecular formula is C28H27F9N2O3. The number of hydrogen-bond acceptors (Lipinski definition) is 3. The van der Waals surface area contributed by atoms with Gasteiger partial charge in [0.05, 0.1) is 35.0 Å². The number of halogens is 9. The minimum Gasteiger partial charge on any atom is -0.449 e. The number of carbonyl (C=O) groups excluding carboxylic acids is 2. The summed E-state index contributed by atoms with van der Waals surface area (Å²) in [6.45, 7) is 2.08. The van der Waals surface area contributed by atoms with Crippen LogP contribution in [0.1, 0.15) is 73.4 Å². The van der Waals surface area contributed by atoms with E-state index in [4.69, 9.17) is 4.74 Å². The summed E-state index contributed by atoms with van der Waals surface area (Å²) in [6, 6.07) is 1.70. The number of amides is 2. The van der Waals surface area contributed by atoms with Crippen LogP contribution >= 0.6 is 0 Å². The van der Waals surface area contributed by atoms with Crippen molar-refractivity contribution in [2.24, 2.45) is 5.92 Å². The quantitative estimate of drug-likeness (QED) is 0.309. The van der Waals surface area contributed by atoms with Crippen molar-refractivity contribution in [3.8, 4) is 0 Å². The number of anilines is 1. The second kappa shape index (κ2) is 11.3. The molecule has 1 saturated carbocycles. The first-order valence-corrected chi connectivity index (χ1v) is 13.1. The van der Waals surface area contributed by atoms with E-state index in [1.807, 2.05) is 0 Å². The fourth-order valence-electron chi connectivity index (χ4n) is 5.28. The van der Waals surface area contributed by atoms with Crippen LogP contribution in [0.2, 0.25) is 0 Å². The number of fused-ring (bicyclic) bond motifs is 1. The van der Waals surface area contributed by atoms with Crippen LogP contribution in [-0.4, -0.2) is 29.5 Å². The van der Waals surface area contributed by atoms with Gasteiger partial charge in [0.15, 0.2) is 0 Å². The molecule has 4 rings (SSSR count). The number of ether oxygens (including phenoxy) is 1. The lowest BCUT2D eigenvalue weighted by molar-refractivity contribution is -0.143. The van der Waals surface area contributed by atoms with Gasteiger partial charge < -0.3 is 9.64 Å². The monoisotopic (exact) mass is 610 g/mol. The SMILES string of the molecule is CCCOC(=O)N1c2ccc(C(F)(F)F)cc2[C@@H](N(Cc2cc(C(F)(F)F)cc(C(F)(F)F)c2)C(C)=O)C[C@@H]1C1CC1. The van der Waals surface area contributed by atoms with Gasteiger partial charge in [-0.15, -0.1) is 0 Å². The van der Waals surface area contributed by atoms with E-state index in [9.17, 15) is 49.1 Å². The van der Waals surface area contributed by atoms with E-state index in [2.05, 4.69) is 0 Å². The number of alkyl halides is 9. The van der Waals surface area contributed by atoms with Crippen LogP contribution in [-0.2, 0) is 34.6 Å². The summed E-state index contributed by atoms with van der Waals surface area (Å²) in [5.74, 6) is -0.873. The molecule has 0 N–H and O–H groups in total. The van der Waals surface area contributed by atoms with Crippen LogP contribution in [0.15, 0.2) is 36.4 Å². The predicted molar refractivity (Wildman–Crippen MR) is 132 cm³/mol. The van der Waals surface area contributed by atoms with Crippen molar-refractivity contribution in [1.29, 1.82) is 0 Å². The molecule has 0 unspecified atom stereocenters. The van der Waals surface area contributed by atoms with Gasteiger partial charge in [-0.2, -0.15) is 39.5 Å². The van der Waals surface area contributed by atoms with Crippen molar-refractivity contribution in [1.82, 2.24) is 4.90 Å². The maximum Gasteiger partial charge on any atom is 0.416 e. The van der Waals surface area contributed by atoms with Gasteiger partial charge in [-0.05, 0) is 79.1 Å². The third kappa shape index (κ3) is 6.78. The maximum absolute atomic E-state index is 13.7. The van der Waals surface area contributed by atoms with Gasteiger partial charge in [0.1, 0.15) is 0 Å². The molecule has 1 aliphatic heterocycles. The van der Waals surface area contributed by atoms with E-state index >= 15 is 0 Å². The number of hydrogen-bond donors (Lipinski definition) is 0. The Balaban J connectivity index is 1.85.